The van der Waals surface area contributed by atoms with Crippen LogP contribution in [0.5, 0.6) is 0 Å². The molecule has 0 aliphatic rings. The third kappa shape index (κ3) is 2.38. The van der Waals surface area contributed by atoms with Crippen molar-refractivity contribution in [2.24, 2.45) is 0 Å². The van der Waals surface area contributed by atoms with Crippen LogP contribution in [0.15, 0.2) is 18.2 Å². The van der Waals surface area contributed by atoms with Crippen molar-refractivity contribution in [3.63, 3.8) is 0 Å². The molecule has 0 aromatic heterocycles. The number of nitrogens with zero attached hydrogens (tertiary/aromatic N) is 2. The van der Waals surface area contributed by atoms with E-state index in [1.807, 2.05) is 0 Å². The van der Waals surface area contributed by atoms with E-state index >= 15 is 0 Å². The van der Waals surface area contributed by atoms with Crippen LogP contribution in [0.3, 0.4) is 0 Å². The number of nitrogen functional groups attached to an aromatic ring is 1. The lowest BCUT2D eigenvalue weighted by molar-refractivity contribution is -0.383. The molecule has 1 aromatic rings. The summed E-state index contributed by atoms with van der Waals surface area (Å²) in [5.41, 5.74) is 6.35. The Kier molecular flexibility index (Phi) is 3.13. The molecule has 1 rings (SSSR count). The minimum atomic E-state index is -0.514. The number of nitrogens with two attached hydrogens (primary N) is 1. The molecule has 0 saturated heterocycles. The van der Waals surface area contributed by atoms with Crippen LogP contribution in [0, 0.1) is 22.5 Å². The van der Waals surface area contributed by atoms with Crippen molar-refractivity contribution >= 4 is 17.1 Å². The average molecular weight is 205 g/mol. The summed E-state index contributed by atoms with van der Waals surface area (Å²) in [7, 11) is 1.79. The Morgan fingerprint density at radius 1 is 1.67 bits per heavy atom. The lowest BCUT2D eigenvalue weighted by Gasteiger charge is -2.16. The summed E-state index contributed by atoms with van der Waals surface area (Å²) in [4.78, 5) is 11.8. The quantitative estimate of drug-likeness (QED) is 0.349. The second-order valence-electron chi connectivity index (χ2n) is 3.06. The summed E-state index contributed by atoms with van der Waals surface area (Å²) in [5.74, 6) is 2.47. The maximum Gasteiger partial charge on any atom is 0.292 e. The SMILES string of the molecule is C#CCN(C)c1ccc([N+](=O)[O-])c(N)c1. The van der Waals surface area contributed by atoms with Crippen LogP contribution in [0.1, 0.15) is 0 Å². The summed E-state index contributed by atoms with van der Waals surface area (Å²) in [5, 5.41) is 10.5. The van der Waals surface area contributed by atoms with Gasteiger partial charge in [0.05, 0.1) is 11.5 Å². The van der Waals surface area contributed by atoms with E-state index in [1.165, 1.54) is 12.1 Å². The Bertz CT molecular complexity index is 423. The fourth-order valence-corrected chi connectivity index (χ4v) is 1.17. The Morgan fingerprint density at radius 3 is 2.80 bits per heavy atom. The zero-order chi connectivity index (χ0) is 11.4. The summed E-state index contributed by atoms with van der Waals surface area (Å²) in [6.07, 6.45) is 5.15. The molecule has 0 amide bonds. The van der Waals surface area contributed by atoms with E-state index in [2.05, 4.69) is 5.92 Å². The van der Waals surface area contributed by atoms with Crippen LogP contribution in [-0.4, -0.2) is 18.5 Å². The number of rotatable bonds is 3. The van der Waals surface area contributed by atoms with E-state index in [4.69, 9.17) is 12.2 Å². The van der Waals surface area contributed by atoms with E-state index < -0.39 is 4.92 Å². The highest BCUT2D eigenvalue weighted by Crippen LogP contribution is 2.26. The third-order valence-electron chi connectivity index (χ3n) is 1.98. The zero-order valence-corrected chi connectivity index (χ0v) is 8.30. The van der Waals surface area contributed by atoms with Crippen LogP contribution in [-0.2, 0) is 0 Å². The molecule has 1 aromatic carbocycles. The van der Waals surface area contributed by atoms with E-state index in [0.717, 1.165) is 5.69 Å². The monoisotopic (exact) mass is 205 g/mol. The molecule has 2 N–H and O–H groups in total. The molecule has 0 radical (unpaired) electrons. The molecule has 15 heavy (non-hydrogen) atoms. The Balaban J connectivity index is 3.02. The van der Waals surface area contributed by atoms with Crippen LogP contribution in [0.4, 0.5) is 17.1 Å². The number of anilines is 2. The van der Waals surface area contributed by atoms with Crippen molar-refractivity contribution in [3.05, 3.63) is 28.3 Å². The van der Waals surface area contributed by atoms with Crippen molar-refractivity contribution < 1.29 is 4.92 Å². The van der Waals surface area contributed by atoms with Gasteiger partial charge in [-0.3, -0.25) is 10.1 Å². The number of hydrogen-bond donors (Lipinski definition) is 1. The van der Waals surface area contributed by atoms with Crippen LogP contribution in [0.2, 0.25) is 0 Å². The first-order chi connectivity index (χ1) is 7.06. The van der Waals surface area contributed by atoms with Gasteiger partial charge in [-0.05, 0) is 12.1 Å². The van der Waals surface area contributed by atoms with Crippen molar-refractivity contribution in [1.29, 1.82) is 0 Å². The van der Waals surface area contributed by atoms with Gasteiger partial charge in [-0.15, -0.1) is 6.42 Å². The molecule has 5 nitrogen and oxygen atoms in total. The molecule has 0 heterocycles. The van der Waals surface area contributed by atoms with Crippen molar-refractivity contribution in [1.82, 2.24) is 0 Å². The number of nitro groups is 1. The van der Waals surface area contributed by atoms with E-state index in [0.29, 0.717) is 6.54 Å². The molecule has 0 saturated carbocycles. The number of benzene rings is 1. The van der Waals surface area contributed by atoms with Crippen LogP contribution in [0.25, 0.3) is 0 Å². The second kappa shape index (κ2) is 4.33. The number of terminal acetylenes is 1. The van der Waals surface area contributed by atoms with Crippen molar-refractivity contribution in [2.45, 2.75) is 0 Å². The molecule has 0 aliphatic carbocycles. The molecule has 0 spiro atoms. The van der Waals surface area contributed by atoms with Gasteiger partial charge in [0.2, 0.25) is 0 Å². The van der Waals surface area contributed by atoms with E-state index in [1.54, 1.807) is 18.0 Å². The highest BCUT2D eigenvalue weighted by atomic mass is 16.6. The van der Waals surface area contributed by atoms with Gasteiger partial charge in [0.15, 0.2) is 0 Å². The van der Waals surface area contributed by atoms with Crippen LogP contribution >= 0.6 is 0 Å². The predicted octanol–water partition coefficient (Wildman–Crippen LogP) is 1.25. The molecule has 0 fully saturated rings. The normalized spacial score (nSPS) is 9.33. The first-order valence-electron chi connectivity index (χ1n) is 4.24. The third-order valence-corrected chi connectivity index (χ3v) is 1.98. The topological polar surface area (TPSA) is 72.4 Å². The second-order valence-corrected chi connectivity index (χ2v) is 3.06. The highest BCUT2D eigenvalue weighted by Gasteiger charge is 2.12. The zero-order valence-electron chi connectivity index (χ0n) is 8.30. The smallest absolute Gasteiger partial charge is 0.292 e. The van der Waals surface area contributed by atoms with Gasteiger partial charge in [-0.25, -0.2) is 0 Å². The fraction of sp³-hybridized carbons (Fsp3) is 0.200. The fourth-order valence-electron chi connectivity index (χ4n) is 1.17. The minimum absolute atomic E-state index is 0.0899. The van der Waals surface area contributed by atoms with E-state index in [9.17, 15) is 10.1 Å². The summed E-state index contributed by atoms with van der Waals surface area (Å²) >= 11 is 0. The van der Waals surface area contributed by atoms with Crippen LogP contribution < -0.4 is 10.6 Å². The number of hydrogen-bond acceptors (Lipinski definition) is 4. The summed E-state index contributed by atoms with van der Waals surface area (Å²) in [6, 6.07) is 4.53. The van der Waals surface area contributed by atoms with E-state index in [-0.39, 0.29) is 11.4 Å². The molecule has 0 unspecified atom stereocenters. The molecule has 0 bridgehead atoms. The minimum Gasteiger partial charge on any atom is -0.393 e. The van der Waals surface area contributed by atoms with Crippen molar-refractivity contribution in [2.75, 3.05) is 24.2 Å². The Labute approximate surface area is 87.6 Å². The first-order valence-corrected chi connectivity index (χ1v) is 4.24. The van der Waals surface area contributed by atoms with Gasteiger partial charge in [0, 0.05) is 18.8 Å². The lowest BCUT2D eigenvalue weighted by Crippen LogP contribution is -2.17. The first kappa shape index (κ1) is 10.9. The maximum atomic E-state index is 10.5. The van der Waals surface area contributed by atoms with Gasteiger partial charge >= 0.3 is 0 Å². The molecular formula is C10H11N3O2. The number of nitro benzene ring substituents is 1. The standard InChI is InChI=1S/C10H11N3O2/c1-3-6-12(2)8-4-5-10(13(14)15)9(11)7-8/h1,4-5,7H,6,11H2,2H3. The largest absolute Gasteiger partial charge is 0.393 e. The molecular weight excluding hydrogens is 194 g/mol. The molecule has 0 atom stereocenters. The van der Waals surface area contributed by atoms with Crippen molar-refractivity contribution in [3.8, 4) is 12.3 Å². The molecule has 5 heteroatoms. The van der Waals surface area contributed by atoms with Gasteiger partial charge in [-0.2, -0.15) is 0 Å². The van der Waals surface area contributed by atoms with Gasteiger partial charge in [0.1, 0.15) is 5.69 Å². The predicted molar refractivity (Wildman–Crippen MR) is 59.6 cm³/mol. The highest BCUT2D eigenvalue weighted by molar-refractivity contribution is 5.66. The van der Waals surface area contributed by atoms with Gasteiger partial charge in [-0.1, -0.05) is 5.92 Å². The lowest BCUT2D eigenvalue weighted by atomic mass is 10.2. The maximum absolute atomic E-state index is 10.5. The molecule has 78 valence electrons. The summed E-state index contributed by atoms with van der Waals surface area (Å²) in [6.45, 7) is 0.428. The molecule has 0 aliphatic heterocycles. The summed E-state index contributed by atoms with van der Waals surface area (Å²) < 4.78 is 0. The Morgan fingerprint density at radius 2 is 2.33 bits per heavy atom. The van der Waals surface area contributed by atoms with Gasteiger partial charge in [0.25, 0.3) is 5.69 Å². The Hall–Kier alpha value is -2.22. The average Bonchev–Trinajstić information content (AvgIpc) is 2.17. The van der Waals surface area contributed by atoms with Gasteiger partial charge < -0.3 is 10.6 Å².